The molecule has 0 unspecified atom stereocenters. The second-order valence-electron chi connectivity index (χ2n) is 8.52. The molecule has 0 saturated carbocycles. The summed E-state index contributed by atoms with van der Waals surface area (Å²) < 4.78 is 12.9. The molecule has 1 fully saturated rings. The Kier molecular flexibility index (Phi) is 6.37. The molecule has 1 aliphatic carbocycles. The predicted octanol–water partition coefficient (Wildman–Crippen LogP) is 2.84. The molecule has 33 heavy (non-hydrogen) atoms. The third kappa shape index (κ3) is 4.62. The average molecular weight is 448 g/mol. The minimum Gasteiger partial charge on any atom is -0.378 e. The highest BCUT2D eigenvalue weighted by Crippen LogP contribution is 2.27. The van der Waals surface area contributed by atoms with E-state index in [1.54, 1.807) is 0 Å². The molecular formula is C25H29N5O3. The summed E-state index contributed by atoms with van der Waals surface area (Å²) in [6.07, 6.45) is 4.44. The van der Waals surface area contributed by atoms with Crippen molar-refractivity contribution in [2.24, 2.45) is 0 Å². The van der Waals surface area contributed by atoms with Crippen molar-refractivity contribution in [3.63, 3.8) is 0 Å². The van der Waals surface area contributed by atoms with E-state index in [1.807, 2.05) is 52.1 Å². The number of fused-ring (bicyclic) bond motifs is 1. The van der Waals surface area contributed by atoms with Gasteiger partial charge in [0, 0.05) is 48.6 Å². The molecule has 0 radical (unpaired) electrons. The Hall–Kier alpha value is -3.23. The van der Waals surface area contributed by atoms with Gasteiger partial charge in [0.1, 0.15) is 0 Å². The number of amides is 1. The molecule has 2 aliphatic rings. The molecule has 172 valence electrons. The zero-order valence-corrected chi connectivity index (χ0v) is 18.7. The summed E-state index contributed by atoms with van der Waals surface area (Å²) in [4.78, 5) is 15.1. The van der Waals surface area contributed by atoms with Crippen LogP contribution in [-0.4, -0.2) is 58.1 Å². The molecule has 8 nitrogen and oxygen atoms in total. The van der Waals surface area contributed by atoms with Gasteiger partial charge in [-0.3, -0.25) is 9.48 Å². The third-order valence-electron chi connectivity index (χ3n) is 6.34. The number of ether oxygens (including phenoxy) is 1. The van der Waals surface area contributed by atoms with Crippen LogP contribution in [0.5, 0.6) is 0 Å². The summed E-state index contributed by atoms with van der Waals surface area (Å²) in [6.45, 7) is 7.45. The number of hydrogen-bond donors (Lipinski definition) is 1. The van der Waals surface area contributed by atoms with Crippen molar-refractivity contribution in [1.29, 1.82) is 0 Å². The van der Waals surface area contributed by atoms with E-state index < -0.39 is 0 Å². The Morgan fingerprint density at radius 3 is 2.85 bits per heavy atom. The lowest BCUT2D eigenvalue weighted by Crippen LogP contribution is -2.41. The lowest BCUT2D eigenvalue weighted by Gasteiger charge is -2.27. The summed E-state index contributed by atoms with van der Waals surface area (Å²) in [5.74, 6) is 0.768. The summed E-state index contributed by atoms with van der Waals surface area (Å²) >= 11 is 0. The predicted molar refractivity (Wildman–Crippen MR) is 124 cm³/mol. The van der Waals surface area contributed by atoms with E-state index >= 15 is 0 Å². The van der Waals surface area contributed by atoms with Gasteiger partial charge in [-0.25, -0.2) is 0 Å². The Morgan fingerprint density at radius 2 is 2.06 bits per heavy atom. The fourth-order valence-electron chi connectivity index (χ4n) is 4.61. The SMILES string of the molecule is C=CCn1nc(C(=O)N2CCOCC2)c2c1CC[C@@H](NCc1cc(-c3ccccc3)on1)C2. The van der Waals surface area contributed by atoms with Crippen molar-refractivity contribution in [2.45, 2.75) is 38.4 Å². The van der Waals surface area contributed by atoms with Gasteiger partial charge in [0.15, 0.2) is 11.5 Å². The van der Waals surface area contributed by atoms with E-state index in [9.17, 15) is 4.79 Å². The van der Waals surface area contributed by atoms with E-state index in [-0.39, 0.29) is 11.9 Å². The molecule has 8 heteroatoms. The summed E-state index contributed by atoms with van der Waals surface area (Å²) in [5.41, 5.74) is 4.67. The monoisotopic (exact) mass is 447 g/mol. The van der Waals surface area contributed by atoms with E-state index in [2.05, 4.69) is 17.1 Å². The van der Waals surface area contributed by atoms with Gasteiger partial charge in [-0.2, -0.15) is 5.10 Å². The lowest BCUT2D eigenvalue weighted by atomic mass is 9.91. The van der Waals surface area contributed by atoms with Crippen LogP contribution in [0.1, 0.15) is 33.9 Å². The number of carbonyl (C=O) groups is 1. The van der Waals surface area contributed by atoms with Gasteiger partial charge in [0.2, 0.25) is 0 Å². The van der Waals surface area contributed by atoms with Crippen molar-refractivity contribution >= 4 is 5.91 Å². The van der Waals surface area contributed by atoms with Crippen molar-refractivity contribution in [3.8, 4) is 11.3 Å². The number of nitrogens with one attached hydrogen (secondary N) is 1. The number of rotatable bonds is 7. The van der Waals surface area contributed by atoms with Crippen LogP contribution in [0.3, 0.4) is 0 Å². The molecule has 1 aliphatic heterocycles. The quantitative estimate of drug-likeness (QED) is 0.561. The standard InChI is InChI=1S/C25H29N5O3/c1-2-10-30-22-9-8-19(15-21(22)24(27-30)25(31)29-11-13-32-14-12-29)26-17-20-16-23(33-28-20)18-6-4-3-5-7-18/h2-7,16,19,26H,1,8-15,17H2/t19-/m1/s1. The number of carbonyl (C=O) groups excluding carboxylic acids is 1. The fourth-order valence-corrected chi connectivity index (χ4v) is 4.61. The molecule has 3 aromatic rings. The van der Waals surface area contributed by atoms with Gasteiger partial charge in [0.25, 0.3) is 5.91 Å². The number of aromatic nitrogens is 3. The Morgan fingerprint density at radius 1 is 1.24 bits per heavy atom. The first-order valence-electron chi connectivity index (χ1n) is 11.5. The van der Waals surface area contributed by atoms with Crippen LogP contribution >= 0.6 is 0 Å². The highest BCUT2D eigenvalue weighted by atomic mass is 16.5. The van der Waals surface area contributed by atoms with Crippen molar-refractivity contribution < 1.29 is 14.1 Å². The first-order valence-corrected chi connectivity index (χ1v) is 11.5. The maximum Gasteiger partial charge on any atom is 0.274 e. The van der Waals surface area contributed by atoms with Gasteiger partial charge >= 0.3 is 0 Å². The topological polar surface area (TPSA) is 85.4 Å². The number of hydrogen-bond acceptors (Lipinski definition) is 6. The van der Waals surface area contributed by atoms with Crippen LogP contribution in [0, 0.1) is 0 Å². The normalized spacial score (nSPS) is 18.2. The van der Waals surface area contributed by atoms with Crippen molar-refractivity contribution in [3.05, 3.63) is 71.7 Å². The second-order valence-corrected chi connectivity index (χ2v) is 8.52. The number of allylic oxidation sites excluding steroid dienone is 1. The minimum absolute atomic E-state index is 0.00187. The van der Waals surface area contributed by atoms with Gasteiger partial charge in [-0.15, -0.1) is 6.58 Å². The second kappa shape index (κ2) is 9.72. The fraction of sp³-hybridized carbons (Fsp3) is 0.400. The summed E-state index contributed by atoms with van der Waals surface area (Å²) in [6, 6.07) is 12.2. The van der Waals surface area contributed by atoms with E-state index in [0.29, 0.717) is 45.1 Å². The van der Waals surface area contributed by atoms with Crippen LogP contribution < -0.4 is 5.32 Å². The lowest BCUT2D eigenvalue weighted by molar-refractivity contribution is 0.0297. The zero-order chi connectivity index (χ0) is 22.6. The Balaban J connectivity index is 1.29. The first kappa shape index (κ1) is 21.6. The smallest absolute Gasteiger partial charge is 0.274 e. The first-order chi connectivity index (χ1) is 16.2. The van der Waals surface area contributed by atoms with Crippen molar-refractivity contribution in [2.75, 3.05) is 26.3 Å². The minimum atomic E-state index is 0.00187. The molecule has 2 aromatic heterocycles. The van der Waals surface area contributed by atoms with E-state index in [4.69, 9.17) is 14.4 Å². The highest BCUT2D eigenvalue weighted by Gasteiger charge is 2.31. The third-order valence-corrected chi connectivity index (χ3v) is 6.34. The zero-order valence-electron chi connectivity index (χ0n) is 18.7. The molecule has 0 spiro atoms. The number of morpholine rings is 1. The largest absolute Gasteiger partial charge is 0.378 e. The van der Waals surface area contributed by atoms with Crippen molar-refractivity contribution in [1.82, 2.24) is 25.2 Å². The summed E-state index contributed by atoms with van der Waals surface area (Å²) in [7, 11) is 0. The molecule has 0 bridgehead atoms. The van der Waals surface area contributed by atoms with E-state index in [0.717, 1.165) is 47.5 Å². The van der Waals surface area contributed by atoms with Crippen LogP contribution in [0.25, 0.3) is 11.3 Å². The number of nitrogens with zero attached hydrogens (tertiary/aromatic N) is 4. The van der Waals surface area contributed by atoms with E-state index in [1.165, 1.54) is 0 Å². The van der Waals surface area contributed by atoms with Gasteiger partial charge < -0.3 is 19.5 Å². The summed E-state index contributed by atoms with van der Waals surface area (Å²) in [5, 5.41) is 12.5. The molecule has 1 saturated heterocycles. The van der Waals surface area contributed by atoms with Gasteiger partial charge in [-0.1, -0.05) is 41.6 Å². The molecule has 5 rings (SSSR count). The van der Waals surface area contributed by atoms with Crippen LogP contribution in [0.15, 0.2) is 53.6 Å². The molecular weight excluding hydrogens is 418 g/mol. The molecule has 3 heterocycles. The maximum atomic E-state index is 13.2. The average Bonchev–Trinajstić information content (AvgIpc) is 3.49. The molecule has 1 aromatic carbocycles. The van der Waals surface area contributed by atoms with Gasteiger partial charge in [-0.05, 0) is 19.3 Å². The molecule has 1 N–H and O–H groups in total. The number of benzene rings is 1. The van der Waals surface area contributed by atoms with Gasteiger partial charge in [0.05, 0.1) is 25.5 Å². The molecule has 1 amide bonds. The van der Waals surface area contributed by atoms with Crippen LogP contribution in [0.2, 0.25) is 0 Å². The van der Waals surface area contributed by atoms with Crippen LogP contribution in [-0.2, 0) is 30.7 Å². The molecule has 1 atom stereocenters. The highest BCUT2D eigenvalue weighted by molar-refractivity contribution is 5.94. The Labute approximate surface area is 193 Å². The Bertz CT molecular complexity index is 1110. The van der Waals surface area contributed by atoms with Crippen LogP contribution in [0.4, 0.5) is 0 Å². The maximum absolute atomic E-state index is 13.2.